The third-order valence-corrected chi connectivity index (χ3v) is 6.42. The molecule has 0 radical (unpaired) electrons. The molecule has 0 spiro atoms. The maximum absolute atomic E-state index is 13.1. The highest BCUT2D eigenvalue weighted by Gasteiger charge is 2.31. The number of hydrogen-bond donors (Lipinski definition) is 2. The second-order valence-electron chi connectivity index (χ2n) is 7.66. The normalized spacial score (nSPS) is 14.8. The van der Waals surface area contributed by atoms with Crippen molar-refractivity contribution < 1.29 is 14.3 Å². The first-order valence-electron chi connectivity index (χ1n) is 10.5. The van der Waals surface area contributed by atoms with Crippen LogP contribution in [0.4, 0.5) is 5.82 Å². The van der Waals surface area contributed by atoms with Gasteiger partial charge in [-0.1, -0.05) is 54.7 Å². The summed E-state index contributed by atoms with van der Waals surface area (Å²) in [4.78, 5) is 33.0. The van der Waals surface area contributed by atoms with Crippen LogP contribution in [-0.4, -0.2) is 29.6 Å². The number of hydrogen-bond acceptors (Lipinski definition) is 6. The number of rotatable bonds is 8. The van der Waals surface area contributed by atoms with Crippen LogP contribution in [-0.2, 0) is 10.5 Å². The maximum Gasteiger partial charge on any atom is 0.257 e. The van der Waals surface area contributed by atoms with Gasteiger partial charge in [-0.15, -0.1) is 0 Å². The number of ether oxygens (including phenoxy) is 2. The minimum atomic E-state index is -0.442. The molecule has 8 heteroatoms. The number of aryl methyl sites for hydroxylation is 1. The highest BCUT2D eigenvalue weighted by atomic mass is 32.2. The molecule has 4 rings (SSSR count). The lowest BCUT2D eigenvalue weighted by atomic mass is 9.86. The third-order valence-electron chi connectivity index (χ3n) is 5.50. The fraction of sp³-hybridized carbons (Fsp3) is 0.240. The Labute approximate surface area is 196 Å². The minimum Gasteiger partial charge on any atom is -0.493 e. The number of nitrogens with zero attached hydrogens (tertiary/aromatic N) is 1. The smallest absolute Gasteiger partial charge is 0.257 e. The van der Waals surface area contributed by atoms with Gasteiger partial charge in [0.1, 0.15) is 12.4 Å². The second kappa shape index (κ2) is 9.95. The van der Waals surface area contributed by atoms with Crippen molar-refractivity contribution >= 4 is 23.5 Å². The molecule has 1 aromatic heterocycles. The predicted molar refractivity (Wildman–Crippen MR) is 129 cm³/mol. The molecule has 33 heavy (non-hydrogen) atoms. The van der Waals surface area contributed by atoms with E-state index in [1.807, 2.05) is 37.3 Å². The van der Waals surface area contributed by atoms with E-state index in [2.05, 4.69) is 21.9 Å². The molecule has 2 N–H and O–H groups in total. The average molecular weight is 464 g/mol. The number of aromatic nitrogens is 2. The first-order chi connectivity index (χ1) is 16.0. The molecule has 0 fully saturated rings. The van der Waals surface area contributed by atoms with E-state index < -0.39 is 5.92 Å². The second-order valence-corrected chi connectivity index (χ2v) is 8.63. The first kappa shape index (κ1) is 22.7. The van der Waals surface area contributed by atoms with Gasteiger partial charge in [0.2, 0.25) is 5.91 Å². The molecule has 2 aromatic carbocycles. The van der Waals surface area contributed by atoms with E-state index in [4.69, 9.17) is 9.47 Å². The Morgan fingerprint density at radius 2 is 2.03 bits per heavy atom. The standard InChI is InChI=1S/C25H25N3O4S/c1-4-11-32-19-10-9-16(12-20(19)31-3)18-13-21(29)26-23-22(18)24(30)28-25(27-23)33-14-17-8-6-5-7-15(17)2/h4-10,12,18H,1,11,13-14H2,2-3H3,(H2,26,27,28,29,30). The van der Waals surface area contributed by atoms with Gasteiger partial charge >= 0.3 is 0 Å². The van der Waals surface area contributed by atoms with Gasteiger partial charge in [-0.3, -0.25) is 9.59 Å². The van der Waals surface area contributed by atoms with Crippen molar-refractivity contribution in [3.05, 3.63) is 87.7 Å². The largest absolute Gasteiger partial charge is 0.493 e. The van der Waals surface area contributed by atoms with Crippen molar-refractivity contribution in [1.29, 1.82) is 0 Å². The Morgan fingerprint density at radius 3 is 2.79 bits per heavy atom. The molecule has 0 bridgehead atoms. The van der Waals surface area contributed by atoms with Gasteiger partial charge in [0.15, 0.2) is 16.7 Å². The lowest BCUT2D eigenvalue weighted by molar-refractivity contribution is -0.116. The van der Waals surface area contributed by atoms with Crippen LogP contribution in [0.25, 0.3) is 0 Å². The number of anilines is 1. The lowest BCUT2D eigenvalue weighted by Gasteiger charge is -2.25. The topological polar surface area (TPSA) is 93.3 Å². The predicted octanol–water partition coefficient (Wildman–Crippen LogP) is 4.42. The van der Waals surface area contributed by atoms with Crippen molar-refractivity contribution in [2.45, 2.75) is 30.2 Å². The Bertz CT molecular complexity index is 1250. The number of carbonyl (C=O) groups excluding carboxylic acids is 1. The number of amides is 1. The van der Waals surface area contributed by atoms with Crippen molar-refractivity contribution in [2.75, 3.05) is 19.0 Å². The van der Waals surface area contributed by atoms with E-state index in [-0.39, 0.29) is 17.9 Å². The highest BCUT2D eigenvalue weighted by Crippen LogP contribution is 2.38. The molecule has 7 nitrogen and oxygen atoms in total. The molecule has 1 atom stereocenters. The minimum absolute atomic E-state index is 0.142. The van der Waals surface area contributed by atoms with Crippen LogP contribution in [0.3, 0.4) is 0 Å². The molecule has 0 aliphatic carbocycles. The van der Waals surface area contributed by atoms with Crippen LogP contribution in [0.5, 0.6) is 11.5 Å². The number of methoxy groups -OCH3 is 1. The van der Waals surface area contributed by atoms with Crippen molar-refractivity contribution in [2.24, 2.45) is 0 Å². The zero-order valence-corrected chi connectivity index (χ0v) is 19.3. The van der Waals surface area contributed by atoms with Crippen molar-refractivity contribution in [3.8, 4) is 11.5 Å². The zero-order valence-electron chi connectivity index (χ0n) is 18.5. The number of carbonyl (C=O) groups is 1. The summed E-state index contributed by atoms with van der Waals surface area (Å²) in [5.74, 6) is 1.43. The molecule has 1 amide bonds. The summed E-state index contributed by atoms with van der Waals surface area (Å²) in [6.45, 7) is 6.04. The van der Waals surface area contributed by atoms with Crippen molar-refractivity contribution in [3.63, 3.8) is 0 Å². The summed E-state index contributed by atoms with van der Waals surface area (Å²) in [7, 11) is 1.55. The maximum atomic E-state index is 13.1. The summed E-state index contributed by atoms with van der Waals surface area (Å²) in [5.41, 5.74) is 3.30. The number of fused-ring (bicyclic) bond motifs is 1. The number of aromatic amines is 1. The van der Waals surface area contributed by atoms with Crippen molar-refractivity contribution in [1.82, 2.24) is 9.97 Å². The molecule has 1 unspecified atom stereocenters. The van der Waals surface area contributed by atoms with Gasteiger partial charge in [0.05, 0.1) is 12.7 Å². The highest BCUT2D eigenvalue weighted by molar-refractivity contribution is 7.98. The summed E-state index contributed by atoms with van der Waals surface area (Å²) in [5, 5.41) is 3.23. The van der Waals surface area contributed by atoms with E-state index >= 15 is 0 Å². The summed E-state index contributed by atoms with van der Waals surface area (Å²) >= 11 is 1.43. The fourth-order valence-corrected chi connectivity index (χ4v) is 4.73. The monoisotopic (exact) mass is 463 g/mol. The molecule has 0 saturated carbocycles. The van der Waals surface area contributed by atoms with Crippen LogP contribution < -0.4 is 20.3 Å². The molecular formula is C25H25N3O4S. The Balaban J connectivity index is 1.65. The summed E-state index contributed by atoms with van der Waals surface area (Å²) in [6, 6.07) is 13.5. The van der Waals surface area contributed by atoms with Crippen LogP contribution >= 0.6 is 11.8 Å². The van der Waals surface area contributed by atoms with Crippen LogP contribution in [0, 0.1) is 6.92 Å². The molecule has 1 aliphatic rings. The Morgan fingerprint density at radius 1 is 1.21 bits per heavy atom. The average Bonchev–Trinajstić information content (AvgIpc) is 2.81. The number of nitrogens with one attached hydrogen (secondary N) is 2. The van der Waals surface area contributed by atoms with E-state index in [0.717, 1.165) is 11.1 Å². The lowest BCUT2D eigenvalue weighted by Crippen LogP contribution is -2.31. The summed E-state index contributed by atoms with van der Waals surface area (Å²) < 4.78 is 11.1. The van der Waals surface area contributed by atoms with Crippen LogP contribution in [0.15, 0.2) is 65.1 Å². The number of H-pyrrole nitrogens is 1. The molecule has 170 valence electrons. The number of benzene rings is 2. The van der Waals surface area contributed by atoms with E-state index in [0.29, 0.717) is 40.4 Å². The zero-order chi connectivity index (χ0) is 23.4. The van der Waals surface area contributed by atoms with Crippen LogP contribution in [0.2, 0.25) is 0 Å². The molecule has 1 aliphatic heterocycles. The third kappa shape index (κ3) is 4.96. The molecular weight excluding hydrogens is 438 g/mol. The van der Waals surface area contributed by atoms with Gasteiger partial charge in [0, 0.05) is 18.1 Å². The number of thioether (sulfide) groups is 1. The Kier molecular flexibility index (Phi) is 6.84. The van der Waals surface area contributed by atoms with Gasteiger partial charge in [0.25, 0.3) is 5.56 Å². The molecule has 2 heterocycles. The SMILES string of the molecule is C=CCOc1ccc(C2CC(=O)Nc3nc(SCc4ccccc4C)[nH]c(=O)c32)cc1OC. The van der Waals surface area contributed by atoms with Gasteiger partial charge in [-0.2, -0.15) is 0 Å². The van der Waals surface area contributed by atoms with Gasteiger partial charge in [-0.25, -0.2) is 4.98 Å². The van der Waals surface area contributed by atoms with Gasteiger partial charge < -0.3 is 19.8 Å². The first-order valence-corrected chi connectivity index (χ1v) is 11.5. The fourth-order valence-electron chi connectivity index (χ4n) is 3.79. The van der Waals surface area contributed by atoms with Gasteiger partial charge in [-0.05, 0) is 35.7 Å². The quantitative estimate of drug-likeness (QED) is 0.292. The Hall–Kier alpha value is -3.52. The summed E-state index contributed by atoms with van der Waals surface area (Å²) in [6.07, 6.45) is 1.79. The van der Waals surface area contributed by atoms with Crippen LogP contribution in [0.1, 0.15) is 34.6 Å². The molecule has 0 saturated heterocycles. The van der Waals surface area contributed by atoms with E-state index in [1.165, 1.54) is 17.3 Å². The van der Waals surface area contributed by atoms with E-state index in [9.17, 15) is 9.59 Å². The van der Waals surface area contributed by atoms with E-state index in [1.54, 1.807) is 25.3 Å². The molecule has 3 aromatic rings.